The largest absolute Gasteiger partial charge is 0.394 e. The topological polar surface area (TPSA) is 208 Å². The number of hydrogen-bond acceptors (Lipinski definition) is 13. The van der Waals surface area contributed by atoms with Gasteiger partial charge in [0, 0.05) is 6.42 Å². The first kappa shape index (κ1) is 24.1. The Bertz CT molecular complexity index is 536. The zero-order valence-corrected chi connectivity index (χ0v) is 16.1. The normalized spacial score (nSPS) is 50.4. The van der Waals surface area contributed by atoms with Gasteiger partial charge < -0.3 is 64.5 Å². The number of rotatable bonds is 6. The van der Waals surface area contributed by atoms with Gasteiger partial charge in [-0.2, -0.15) is 0 Å². The SMILES string of the molecule is OC[C@H]1O[C@@H](O[C@@H]2[C@H](O)[C@@H](O)CO[C@@H]2CO)C[C@@H](O[C@@H]2OC[C@@H](O)[C@H](O)[C@H]2O)[C@@H]1O. The van der Waals surface area contributed by atoms with Crippen LogP contribution in [0.15, 0.2) is 0 Å². The Morgan fingerprint density at radius 3 is 2.00 bits per heavy atom. The predicted molar refractivity (Wildman–Crippen MR) is 92.7 cm³/mol. The summed E-state index contributed by atoms with van der Waals surface area (Å²) in [4.78, 5) is 0. The molecule has 3 heterocycles. The van der Waals surface area contributed by atoms with Gasteiger partial charge in [0.2, 0.25) is 0 Å². The van der Waals surface area contributed by atoms with Crippen LogP contribution in [0.5, 0.6) is 0 Å². The van der Waals surface area contributed by atoms with Crippen molar-refractivity contribution >= 4 is 0 Å². The summed E-state index contributed by atoms with van der Waals surface area (Å²) in [6, 6.07) is 0. The molecule has 3 saturated heterocycles. The van der Waals surface area contributed by atoms with E-state index in [0.29, 0.717) is 0 Å². The van der Waals surface area contributed by atoms with Crippen LogP contribution in [-0.4, -0.2) is 141 Å². The van der Waals surface area contributed by atoms with Crippen LogP contribution >= 0.6 is 0 Å². The van der Waals surface area contributed by atoms with E-state index in [2.05, 4.69) is 0 Å². The number of aliphatic hydroxyl groups excluding tert-OH is 8. The predicted octanol–water partition coefficient (Wildman–Crippen LogP) is -5.22. The molecule has 0 unspecified atom stereocenters. The highest BCUT2D eigenvalue weighted by Gasteiger charge is 2.47. The lowest BCUT2D eigenvalue weighted by Crippen LogP contribution is -2.60. The average molecular weight is 442 g/mol. The van der Waals surface area contributed by atoms with Crippen molar-refractivity contribution in [2.45, 2.75) is 80.0 Å². The third kappa shape index (κ3) is 5.10. The van der Waals surface area contributed by atoms with Crippen LogP contribution in [0, 0.1) is 0 Å². The van der Waals surface area contributed by atoms with Crippen LogP contribution in [-0.2, 0) is 23.7 Å². The molecule has 176 valence electrons. The molecule has 0 saturated carbocycles. The molecule has 3 rings (SSSR count). The maximum atomic E-state index is 10.4. The second kappa shape index (κ2) is 10.4. The Kier molecular flexibility index (Phi) is 8.36. The van der Waals surface area contributed by atoms with Crippen LogP contribution in [0.2, 0.25) is 0 Å². The van der Waals surface area contributed by atoms with Gasteiger partial charge in [-0.3, -0.25) is 0 Å². The quantitative estimate of drug-likeness (QED) is 0.194. The van der Waals surface area contributed by atoms with Crippen molar-refractivity contribution in [1.29, 1.82) is 0 Å². The van der Waals surface area contributed by atoms with Crippen molar-refractivity contribution in [3.63, 3.8) is 0 Å². The van der Waals surface area contributed by atoms with Gasteiger partial charge in [-0.25, -0.2) is 0 Å². The fourth-order valence-electron chi connectivity index (χ4n) is 3.70. The first-order valence-corrected chi connectivity index (χ1v) is 9.76. The van der Waals surface area contributed by atoms with Crippen molar-refractivity contribution in [1.82, 2.24) is 0 Å². The third-order valence-corrected chi connectivity index (χ3v) is 5.52. The van der Waals surface area contributed by atoms with Crippen molar-refractivity contribution in [2.75, 3.05) is 26.4 Å². The molecule has 0 bridgehead atoms. The minimum Gasteiger partial charge on any atom is -0.394 e. The maximum absolute atomic E-state index is 10.4. The molecule has 0 aromatic carbocycles. The monoisotopic (exact) mass is 442 g/mol. The lowest BCUT2D eigenvalue weighted by Gasteiger charge is -2.44. The van der Waals surface area contributed by atoms with Crippen LogP contribution in [0.3, 0.4) is 0 Å². The van der Waals surface area contributed by atoms with Crippen LogP contribution in [0.1, 0.15) is 6.42 Å². The van der Waals surface area contributed by atoms with Gasteiger partial charge in [-0.05, 0) is 0 Å². The molecule has 8 N–H and O–H groups in total. The molecule has 13 nitrogen and oxygen atoms in total. The molecule has 3 aliphatic heterocycles. The van der Waals surface area contributed by atoms with E-state index in [0.717, 1.165) is 0 Å². The molecule has 0 aromatic heterocycles. The molecule has 30 heavy (non-hydrogen) atoms. The smallest absolute Gasteiger partial charge is 0.186 e. The molecular formula is C17H30O13. The summed E-state index contributed by atoms with van der Waals surface area (Å²) < 4.78 is 27.2. The highest BCUT2D eigenvalue weighted by Crippen LogP contribution is 2.30. The lowest BCUT2D eigenvalue weighted by molar-refractivity contribution is -0.337. The first-order chi connectivity index (χ1) is 14.3. The first-order valence-electron chi connectivity index (χ1n) is 9.76. The van der Waals surface area contributed by atoms with E-state index in [4.69, 9.17) is 23.7 Å². The Morgan fingerprint density at radius 1 is 0.700 bits per heavy atom. The van der Waals surface area contributed by atoms with E-state index < -0.39 is 86.8 Å². The fourth-order valence-corrected chi connectivity index (χ4v) is 3.70. The van der Waals surface area contributed by atoms with Crippen molar-refractivity contribution in [3.8, 4) is 0 Å². The van der Waals surface area contributed by atoms with Gasteiger partial charge in [-0.1, -0.05) is 0 Å². The summed E-state index contributed by atoms with van der Waals surface area (Å²) in [5, 5.41) is 78.8. The molecule has 0 spiro atoms. The van der Waals surface area contributed by atoms with Gasteiger partial charge in [-0.15, -0.1) is 0 Å². The van der Waals surface area contributed by atoms with Crippen molar-refractivity contribution in [2.24, 2.45) is 0 Å². The zero-order chi connectivity index (χ0) is 22.0. The van der Waals surface area contributed by atoms with Crippen LogP contribution < -0.4 is 0 Å². The highest BCUT2D eigenvalue weighted by molar-refractivity contribution is 4.91. The molecule has 0 amide bonds. The second-order valence-electron chi connectivity index (χ2n) is 7.65. The van der Waals surface area contributed by atoms with Gasteiger partial charge in [0.15, 0.2) is 12.6 Å². The minimum absolute atomic E-state index is 0.139. The molecule has 12 atom stereocenters. The number of hydrogen-bond donors (Lipinski definition) is 8. The van der Waals surface area contributed by atoms with Crippen molar-refractivity contribution in [3.05, 3.63) is 0 Å². The molecule has 3 aliphatic rings. The average Bonchev–Trinajstić information content (AvgIpc) is 2.74. The van der Waals surface area contributed by atoms with E-state index in [1.54, 1.807) is 0 Å². The maximum Gasteiger partial charge on any atom is 0.186 e. The van der Waals surface area contributed by atoms with Gasteiger partial charge in [0.05, 0.1) is 32.5 Å². The molecule has 0 aromatic rings. The van der Waals surface area contributed by atoms with E-state index in [1.165, 1.54) is 0 Å². The summed E-state index contributed by atoms with van der Waals surface area (Å²) in [5.41, 5.74) is 0. The van der Waals surface area contributed by atoms with Crippen LogP contribution in [0.25, 0.3) is 0 Å². The van der Waals surface area contributed by atoms with E-state index in [1.807, 2.05) is 0 Å². The van der Waals surface area contributed by atoms with Gasteiger partial charge in [0.25, 0.3) is 0 Å². The summed E-state index contributed by atoms with van der Waals surface area (Å²) in [6.07, 6.45) is -15.3. The third-order valence-electron chi connectivity index (χ3n) is 5.52. The lowest BCUT2D eigenvalue weighted by atomic mass is 9.98. The number of aliphatic hydroxyl groups is 8. The summed E-state index contributed by atoms with van der Waals surface area (Å²) in [7, 11) is 0. The Balaban J connectivity index is 1.68. The second-order valence-corrected chi connectivity index (χ2v) is 7.65. The summed E-state index contributed by atoms with van der Waals surface area (Å²) in [6.45, 7) is -1.58. The van der Waals surface area contributed by atoms with Gasteiger partial charge >= 0.3 is 0 Å². The Morgan fingerprint density at radius 2 is 1.33 bits per heavy atom. The van der Waals surface area contributed by atoms with E-state index in [9.17, 15) is 40.9 Å². The van der Waals surface area contributed by atoms with Crippen LogP contribution in [0.4, 0.5) is 0 Å². The molecule has 0 radical (unpaired) electrons. The molecule has 3 fully saturated rings. The highest BCUT2D eigenvalue weighted by atomic mass is 16.7. The molecule has 13 heteroatoms. The van der Waals surface area contributed by atoms with Crippen molar-refractivity contribution < 1.29 is 64.5 Å². The number of ether oxygens (including phenoxy) is 5. The zero-order valence-electron chi connectivity index (χ0n) is 16.1. The molecular weight excluding hydrogens is 412 g/mol. The minimum atomic E-state index is -1.58. The Hall–Kier alpha value is -0.520. The standard InChI is InChI=1S/C17H30O13/c18-2-9-14(24)8(29-17-15(25)12(22)6(20)5-27-17)1-11(28-9)30-16-10(3-19)26-4-7(21)13(16)23/h6-25H,1-5H2/t6-,7+,8-,9-,10-,11+,12+,13-,14+,15-,16+,17+/m1/s1. The molecule has 0 aliphatic carbocycles. The Labute approximate surface area is 171 Å². The van der Waals surface area contributed by atoms with Gasteiger partial charge in [0.1, 0.15) is 54.9 Å². The van der Waals surface area contributed by atoms with E-state index >= 15 is 0 Å². The fraction of sp³-hybridized carbons (Fsp3) is 1.00. The summed E-state index contributed by atoms with van der Waals surface area (Å²) in [5.74, 6) is 0. The van der Waals surface area contributed by atoms with E-state index in [-0.39, 0.29) is 19.6 Å². The summed E-state index contributed by atoms with van der Waals surface area (Å²) >= 11 is 0.